The van der Waals surface area contributed by atoms with Crippen molar-refractivity contribution < 1.29 is 5.11 Å². The molecule has 0 aromatic carbocycles. The van der Waals surface area contributed by atoms with E-state index in [4.69, 9.17) is 5.11 Å². The molecule has 0 rings (SSSR count). The first-order valence-electron chi connectivity index (χ1n) is 3.99. The van der Waals surface area contributed by atoms with E-state index in [9.17, 15) is 0 Å². The van der Waals surface area contributed by atoms with E-state index in [-0.39, 0.29) is 5.76 Å². The van der Waals surface area contributed by atoms with Gasteiger partial charge in [-0.2, -0.15) is 0 Å². The molecule has 0 aliphatic carbocycles. The molecule has 0 aromatic heterocycles. The molecular weight excluding hydrogens is 216 g/mol. The zero-order valence-electron chi connectivity index (χ0n) is 7.97. The Morgan fingerprint density at radius 1 is 1.50 bits per heavy atom. The molecule has 0 amide bonds. The normalized spacial score (nSPS) is 11.7. The fourth-order valence-electron chi connectivity index (χ4n) is 0.531. The van der Waals surface area contributed by atoms with Gasteiger partial charge in [-0.1, -0.05) is 48.5 Å². The minimum Gasteiger partial charge on any atom is -0.508 e. The van der Waals surface area contributed by atoms with Gasteiger partial charge in [-0.15, -0.1) is 0 Å². The molecule has 0 aliphatic rings. The first-order valence-corrected chi connectivity index (χ1v) is 5.11. The second-order valence-corrected chi connectivity index (χ2v) is 2.31. The average molecular weight is 233 g/mol. The van der Waals surface area contributed by atoms with E-state index >= 15 is 0 Å². The molecule has 0 bridgehead atoms. The van der Waals surface area contributed by atoms with Gasteiger partial charge in [0, 0.05) is 10.9 Å². The molecule has 1 N–H and O–H groups in total. The molecule has 1 nitrogen and oxygen atoms in total. The predicted molar refractivity (Wildman–Crippen MR) is 59.8 cm³/mol. The van der Waals surface area contributed by atoms with Crippen LogP contribution in [0.25, 0.3) is 0 Å². The van der Waals surface area contributed by atoms with Crippen molar-refractivity contribution in [3.05, 3.63) is 36.1 Å². The second kappa shape index (κ2) is 10.5. The number of hydrogen-bond donors (Lipinski definition) is 1. The third kappa shape index (κ3) is 6.23. The first-order chi connectivity index (χ1) is 5.76. The van der Waals surface area contributed by atoms with Crippen LogP contribution in [0.3, 0.4) is 0 Å². The monoisotopic (exact) mass is 232 g/mol. The van der Waals surface area contributed by atoms with Crippen molar-refractivity contribution >= 4 is 15.9 Å². The van der Waals surface area contributed by atoms with E-state index in [0.717, 1.165) is 5.57 Å². The summed E-state index contributed by atoms with van der Waals surface area (Å²) >= 11 is 3.24. The number of allylic oxidation sites excluding steroid dienone is 4. The number of aliphatic hydroxyl groups excluding tert-OH is 1. The molecule has 0 saturated carbocycles. The summed E-state index contributed by atoms with van der Waals surface area (Å²) in [6, 6.07) is 0. The SMILES string of the molecule is C=C/C(O)=C(\C=C/C)CBr.CC. The smallest absolute Gasteiger partial charge is 0.119 e. The summed E-state index contributed by atoms with van der Waals surface area (Å²) in [5, 5.41) is 9.78. The minimum absolute atomic E-state index is 0.231. The van der Waals surface area contributed by atoms with Gasteiger partial charge in [0.2, 0.25) is 0 Å². The lowest BCUT2D eigenvalue weighted by Crippen LogP contribution is -1.85. The van der Waals surface area contributed by atoms with Gasteiger partial charge in [-0.3, -0.25) is 0 Å². The maximum Gasteiger partial charge on any atom is 0.119 e. The number of alkyl halides is 1. The van der Waals surface area contributed by atoms with Crippen LogP contribution in [0.2, 0.25) is 0 Å². The van der Waals surface area contributed by atoms with Crippen LogP contribution in [-0.4, -0.2) is 10.4 Å². The van der Waals surface area contributed by atoms with Crippen molar-refractivity contribution in [3.8, 4) is 0 Å². The Kier molecular flexibility index (Phi) is 12.3. The molecule has 0 radical (unpaired) electrons. The molecule has 0 atom stereocenters. The van der Waals surface area contributed by atoms with E-state index in [1.54, 1.807) is 0 Å². The van der Waals surface area contributed by atoms with Crippen LogP contribution >= 0.6 is 15.9 Å². The zero-order chi connectivity index (χ0) is 9.98. The topological polar surface area (TPSA) is 20.2 Å². The van der Waals surface area contributed by atoms with Crippen molar-refractivity contribution in [1.29, 1.82) is 0 Å². The highest BCUT2D eigenvalue weighted by Gasteiger charge is 1.94. The van der Waals surface area contributed by atoms with E-state index in [1.807, 2.05) is 32.9 Å². The molecule has 0 spiro atoms. The number of aliphatic hydroxyl groups is 1. The highest BCUT2D eigenvalue weighted by atomic mass is 79.9. The van der Waals surface area contributed by atoms with Crippen LogP contribution in [0, 0.1) is 0 Å². The summed E-state index contributed by atoms with van der Waals surface area (Å²) in [6.07, 6.45) is 5.14. The molecule has 0 fully saturated rings. The molecule has 0 heterocycles. The fourth-order valence-corrected chi connectivity index (χ4v) is 1.00. The van der Waals surface area contributed by atoms with Gasteiger partial charge in [0.25, 0.3) is 0 Å². The number of hydrogen-bond acceptors (Lipinski definition) is 1. The van der Waals surface area contributed by atoms with Crippen molar-refractivity contribution in [2.75, 3.05) is 5.33 Å². The molecule has 2 heteroatoms. The van der Waals surface area contributed by atoms with Gasteiger partial charge in [-0.05, 0) is 13.0 Å². The standard InChI is InChI=1S/C8H11BrO.C2H6/c1-3-5-7(6-9)8(10)4-2;1-2/h3-5,10H,2,6H2,1H3;1-2H3/b5-3-,8-7-;. The van der Waals surface area contributed by atoms with Gasteiger partial charge < -0.3 is 5.11 Å². The molecule has 0 aromatic rings. The highest BCUT2D eigenvalue weighted by Crippen LogP contribution is 2.07. The second-order valence-electron chi connectivity index (χ2n) is 1.75. The third-order valence-corrected chi connectivity index (χ3v) is 1.64. The van der Waals surface area contributed by atoms with Crippen molar-refractivity contribution in [2.45, 2.75) is 20.8 Å². The van der Waals surface area contributed by atoms with Crippen LogP contribution in [0.15, 0.2) is 36.1 Å². The van der Waals surface area contributed by atoms with E-state index < -0.39 is 0 Å². The van der Waals surface area contributed by atoms with Gasteiger partial charge in [0.15, 0.2) is 0 Å². The third-order valence-electron chi connectivity index (χ3n) is 1.03. The lowest BCUT2D eigenvalue weighted by Gasteiger charge is -1.96. The minimum atomic E-state index is 0.231. The summed E-state index contributed by atoms with van der Waals surface area (Å²) in [7, 11) is 0. The largest absolute Gasteiger partial charge is 0.508 e. The quantitative estimate of drug-likeness (QED) is 0.444. The molecule has 0 aliphatic heterocycles. The predicted octanol–water partition coefficient (Wildman–Crippen LogP) is 3.98. The van der Waals surface area contributed by atoms with Crippen LogP contribution < -0.4 is 0 Å². The Morgan fingerprint density at radius 2 is 2.00 bits per heavy atom. The Hall–Kier alpha value is -0.500. The highest BCUT2D eigenvalue weighted by molar-refractivity contribution is 9.09. The van der Waals surface area contributed by atoms with Crippen LogP contribution in [0.5, 0.6) is 0 Å². The average Bonchev–Trinajstić information content (AvgIpc) is 2.16. The van der Waals surface area contributed by atoms with Gasteiger partial charge >= 0.3 is 0 Å². The van der Waals surface area contributed by atoms with Crippen LogP contribution in [-0.2, 0) is 0 Å². The summed E-state index contributed by atoms with van der Waals surface area (Å²) in [4.78, 5) is 0. The Morgan fingerprint density at radius 3 is 2.25 bits per heavy atom. The summed E-state index contributed by atoms with van der Waals surface area (Å²) in [6.45, 7) is 9.35. The van der Waals surface area contributed by atoms with E-state index in [2.05, 4.69) is 22.5 Å². The first kappa shape index (κ1) is 14.0. The van der Waals surface area contributed by atoms with Gasteiger partial charge in [-0.25, -0.2) is 0 Å². The Bertz CT molecular complexity index is 169. The Labute approximate surface area is 83.6 Å². The molecule has 0 unspecified atom stereocenters. The zero-order valence-corrected chi connectivity index (χ0v) is 9.56. The molecule has 70 valence electrons. The van der Waals surface area contributed by atoms with Gasteiger partial charge in [0.05, 0.1) is 0 Å². The summed E-state index contributed by atoms with van der Waals surface area (Å²) < 4.78 is 0. The van der Waals surface area contributed by atoms with E-state index in [1.165, 1.54) is 6.08 Å². The Balaban J connectivity index is 0. The van der Waals surface area contributed by atoms with E-state index in [0.29, 0.717) is 5.33 Å². The number of halogens is 1. The molecule has 12 heavy (non-hydrogen) atoms. The molecular formula is C10H17BrO. The lowest BCUT2D eigenvalue weighted by atomic mass is 10.2. The van der Waals surface area contributed by atoms with Crippen LogP contribution in [0.1, 0.15) is 20.8 Å². The van der Waals surface area contributed by atoms with Gasteiger partial charge in [0.1, 0.15) is 5.76 Å². The number of rotatable bonds is 3. The molecule has 0 saturated heterocycles. The van der Waals surface area contributed by atoms with Crippen LogP contribution in [0.4, 0.5) is 0 Å². The van der Waals surface area contributed by atoms with Crippen molar-refractivity contribution in [1.82, 2.24) is 0 Å². The van der Waals surface area contributed by atoms with Crippen molar-refractivity contribution in [2.24, 2.45) is 0 Å². The maximum atomic E-state index is 9.13. The summed E-state index contributed by atoms with van der Waals surface area (Å²) in [5.41, 5.74) is 0.845. The van der Waals surface area contributed by atoms with Crippen molar-refractivity contribution in [3.63, 3.8) is 0 Å². The lowest BCUT2D eigenvalue weighted by molar-refractivity contribution is 0.428. The maximum absolute atomic E-state index is 9.13. The summed E-state index contributed by atoms with van der Waals surface area (Å²) in [5.74, 6) is 0.231. The fraction of sp³-hybridized carbons (Fsp3) is 0.400.